The Morgan fingerprint density at radius 1 is 1.06 bits per heavy atom. The predicted octanol–water partition coefficient (Wildman–Crippen LogP) is 3.31. The molecule has 2 aliphatic heterocycles. The molecule has 2 fully saturated rings. The Hall–Kier alpha value is -2.75. The number of ether oxygens (including phenoxy) is 1. The lowest BCUT2D eigenvalue weighted by molar-refractivity contribution is 0.0589. The molecule has 34 heavy (non-hydrogen) atoms. The van der Waals surface area contributed by atoms with Crippen molar-refractivity contribution in [3.8, 4) is 0 Å². The van der Waals surface area contributed by atoms with E-state index < -0.39 is 0 Å². The molecule has 3 aromatic rings. The number of para-hydroxylation sites is 1. The first-order valence-corrected chi connectivity index (χ1v) is 12.7. The molecule has 9 heteroatoms. The molecule has 4 heterocycles. The lowest BCUT2D eigenvalue weighted by Gasteiger charge is -2.34. The highest BCUT2D eigenvalue weighted by Gasteiger charge is 2.29. The molecule has 5 rings (SSSR count). The van der Waals surface area contributed by atoms with Crippen LogP contribution in [-0.4, -0.2) is 91.0 Å². The average Bonchev–Trinajstić information content (AvgIpc) is 3.55. The molecule has 180 valence electrons. The quantitative estimate of drug-likeness (QED) is 0.536. The van der Waals surface area contributed by atoms with Crippen molar-refractivity contribution in [2.24, 2.45) is 0 Å². The van der Waals surface area contributed by atoms with Crippen molar-refractivity contribution in [2.75, 3.05) is 59.5 Å². The fourth-order valence-electron chi connectivity index (χ4n) is 4.70. The van der Waals surface area contributed by atoms with Crippen LogP contribution in [0, 0.1) is 0 Å². The maximum absolute atomic E-state index is 13.0. The molecule has 0 aliphatic carbocycles. The standard InChI is InChI=1S/C25H30N4O4S/c1-32-15-14-27-10-12-29(13-11-27)24(30)20-17-34-23(26-20)18-6-8-28(9-7-18)25(31)22-16-19-4-2-3-5-21(19)33-22/h2-5,16-18H,6-15H2,1H3. The Bertz CT molecular complexity index is 1110. The van der Waals surface area contributed by atoms with Crippen LogP contribution in [0.25, 0.3) is 11.0 Å². The van der Waals surface area contributed by atoms with Crippen LogP contribution in [0.5, 0.6) is 0 Å². The van der Waals surface area contributed by atoms with Crippen LogP contribution in [-0.2, 0) is 4.74 Å². The van der Waals surface area contributed by atoms with E-state index in [1.165, 1.54) is 0 Å². The zero-order chi connectivity index (χ0) is 23.5. The lowest BCUT2D eigenvalue weighted by atomic mass is 9.97. The molecule has 8 nitrogen and oxygen atoms in total. The van der Waals surface area contributed by atoms with Crippen LogP contribution in [0.3, 0.4) is 0 Å². The Balaban J connectivity index is 1.14. The highest BCUT2D eigenvalue weighted by Crippen LogP contribution is 2.31. The second kappa shape index (κ2) is 10.2. The molecule has 1 aromatic carbocycles. The lowest BCUT2D eigenvalue weighted by Crippen LogP contribution is -2.49. The van der Waals surface area contributed by atoms with Gasteiger partial charge in [0.2, 0.25) is 0 Å². The number of hydrogen-bond donors (Lipinski definition) is 0. The van der Waals surface area contributed by atoms with Crippen molar-refractivity contribution in [3.05, 3.63) is 52.2 Å². The van der Waals surface area contributed by atoms with Gasteiger partial charge in [0.05, 0.1) is 11.6 Å². The molecular formula is C25H30N4O4S. The number of benzene rings is 1. The third kappa shape index (κ3) is 4.87. The van der Waals surface area contributed by atoms with Gasteiger partial charge in [-0.15, -0.1) is 11.3 Å². The zero-order valence-electron chi connectivity index (χ0n) is 19.4. The van der Waals surface area contributed by atoms with Gasteiger partial charge in [-0.1, -0.05) is 18.2 Å². The average molecular weight is 483 g/mol. The number of nitrogens with zero attached hydrogens (tertiary/aromatic N) is 4. The van der Waals surface area contributed by atoms with E-state index in [1.807, 2.05) is 45.5 Å². The molecule has 0 atom stereocenters. The summed E-state index contributed by atoms with van der Waals surface area (Å²) in [6.45, 7) is 6.10. The van der Waals surface area contributed by atoms with Crippen molar-refractivity contribution in [1.29, 1.82) is 0 Å². The monoisotopic (exact) mass is 482 g/mol. The second-order valence-corrected chi connectivity index (χ2v) is 9.80. The molecule has 0 N–H and O–H groups in total. The number of carbonyl (C=O) groups excluding carboxylic acids is 2. The number of furan rings is 1. The first kappa shape index (κ1) is 23.0. The van der Waals surface area contributed by atoms with E-state index in [1.54, 1.807) is 18.4 Å². The Labute approximate surface area is 203 Å². The summed E-state index contributed by atoms with van der Waals surface area (Å²) in [5, 5.41) is 3.83. The number of rotatable bonds is 6. The summed E-state index contributed by atoms with van der Waals surface area (Å²) in [7, 11) is 1.71. The van der Waals surface area contributed by atoms with E-state index in [-0.39, 0.29) is 17.7 Å². The third-order valence-electron chi connectivity index (χ3n) is 6.78. The number of aromatic nitrogens is 1. The Morgan fingerprint density at radius 3 is 2.53 bits per heavy atom. The highest BCUT2D eigenvalue weighted by atomic mass is 32.1. The maximum atomic E-state index is 13.0. The largest absolute Gasteiger partial charge is 0.451 e. The number of piperazine rings is 1. The number of likely N-dealkylation sites (tertiary alicyclic amines) is 1. The second-order valence-electron chi connectivity index (χ2n) is 8.91. The Kier molecular flexibility index (Phi) is 6.94. The number of piperidine rings is 1. The van der Waals surface area contributed by atoms with E-state index in [0.717, 1.165) is 61.5 Å². The van der Waals surface area contributed by atoms with Gasteiger partial charge in [-0.2, -0.15) is 0 Å². The van der Waals surface area contributed by atoms with Crippen LogP contribution in [0.4, 0.5) is 0 Å². The van der Waals surface area contributed by atoms with Crippen molar-refractivity contribution < 1.29 is 18.7 Å². The highest BCUT2D eigenvalue weighted by molar-refractivity contribution is 7.09. The fraction of sp³-hybridized carbons (Fsp3) is 0.480. The van der Waals surface area contributed by atoms with Gasteiger partial charge in [0.1, 0.15) is 11.3 Å². The van der Waals surface area contributed by atoms with Crippen LogP contribution in [0.2, 0.25) is 0 Å². The third-order valence-corrected chi connectivity index (χ3v) is 7.79. The van der Waals surface area contributed by atoms with Gasteiger partial charge in [0.15, 0.2) is 5.76 Å². The molecule has 0 radical (unpaired) electrons. The number of hydrogen-bond acceptors (Lipinski definition) is 7. The van der Waals surface area contributed by atoms with Crippen LogP contribution in [0.15, 0.2) is 40.1 Å². The Morgan fingerprint density at radius 2 is 1.79 bits per heavy atom. The summed E-state index contributed by atoms with van der Waals surface area (Å²) in [6, 6.07) is 9.49. The van der Waals surface area contributed by atoms with E-state index in [2.05, 4.69) is 4.90 Å². The molecule has 0 spiro atoms. The summed E-state index contributed by atoms with van der Waals surface area (Å²) in [6.07, 6.45) is 1.68. The van der Waals surface area contributed by atoms with Crippen molar-refractivity contribution >= 4 is 34.1 Å². The fourth-order valence-corrected chi connectivity index (χ4v) is 5.67. The number of carbonyl (C=O) groups is 2. The van der Waals surface area contributed by atoms with Crippen molar-refractivity contribution in [1.82, 2.24) is 19.7 Å². The molecule has 2 saturated heterocycles. The minimum atomic E-state index is -0.0608. The van der Waals surface area contributed by atoms with E-state index in [9.17, 15) is 9.59 Å². The van der Waals surface area contributed by atoms with E-state index in [0.29, 0.717) is 31.2 Å². The maximum Gasteiger partial charge on any atom is 0.289 e. The SMILES string of the molecule is COCCN1CCN(C(=O)c2csc(C3CCN(C(=O)c4cc5ccccc5o4)CC3)n2)CC1. The molecule has 2 amide bonds. The number of amides is 2. The van der Waals surface area contributed by atoms with Crippen molar-refractivity contribution in [2.45, 2.75) is 18.8 Å². The molecule has 0 saturated carbocycles. The smallest absolute Gasteiger partial charge is 0.289 e. The molecule has 0 unspecified atom stereocenters. The minimum Gasteiger partial charge on any atom is -0.451 e. The summed E-state index contributed by atoms with van der Waals surface area (Å²) in [5.74, 6) is 0.627. The van der Waals surface area contributed by atoms with Gasteiger partial charge < -0.3 is 19.0 Å². The first-order chi connectivity index (χ1) is 16.6. The molecule has 2 aliphatic rings. The van der Waals surface area contributed by atoms with Crippen molar-refractivity contribution in [3.63, 3.8) is 0 Å². The summed E-state index contributed by atoms with van der Waals surface area (Å²) >= 11 is 1.56. The summed E-state index contributed by atoms with van der Waals surface area (Å²) < 4.78 is 10.9. The first-order valence-electron chi connectivity index (χ1n) is 11.9. The zero-order valence-corrected chi connectivity index (χ0v) is 20.3. The molecular weight excluding hydrogens is 452 g/mol. The summed E-state index contributed by atoms with van der Waals surface area (Å²) in [5.41, 5.74) is 1.28. The number of fused-ring (bicyclic) bond motifs is 1. The van der Waals surface area contributed by atoms with Gasteiger partial charge in [-0.05, 0) is 25.0 Å². The number of methoxy groups -OCH3 is 1. The van der Waals surface area contributed by atoms with Gasteiger partial charge in [-0.3, -0.25) is 14.5 Å². The number of thiazole rings is 1. The molecule has 0 bridgehead atoms. The van der Waals surface area contributed by atoms with E-state index >= 15 is 0 Å². The van der Waals surface area contributed by atoms with Gasteiger partial charge in [-0.25, -0.2) is 4.98 Å². The molecule has 2 aromatic heterocycles. The summed E-state index contributed by atoms with van der Waals surface area (Å²) in [4.78, 5) is 36.7. The van der Waals surface area contributed by atoms with Gasteiger partial charge in [0, 0.05) is 69.6 Å². The normalized spacial score (nSPS) is 18.0. The van der Waals surface area contributed by atoms with Gasteiger partial charge in [0.25, 0.3) is 11.8 Å². The topological polar surface area (TPSA) is 79.1 Å². The minimum absolute atomic E-state index is 0.0198. The van der Waals surface area contributed by atoms with Gasteiger partial charge >= 0.3 is 0 Å². The van der Waals surface area contributed by atoms with Crippen LogP contribution >= 0.6 is 11.3 Å². The van der Waals surface area contributed by atoms with E-state index in [4.69, 9.17) is 14.1 Å². The van der Waals surface area contributed by atoms with Crippen LogP contribution in [0.1, 0.15) is 44.8 Å². The van der Waals surface area contributed by atoms with Crippen LogP contribution < -0.4 is 0 Å². The predicted molar refractivity (Wildman–Crippen MR) is 130 cm³/mol.